The van der Waals surface area contributed by atoms with Gasteiger partial charge in [-0.3, -0.25) is 4.79 Å². The fourth-order valence-electron chi connectivity index (χ4n) is 2.81. The Morgan fingerprint density at radius 2 is 2.12 bits per heavy atom. The zero-order valence-corrected chi connectivity index (χ0v) is 11.2. The van der Waals surface area contributed by atoms with Crippen LogP contribution in [-0.2, 0) is 14.6 Å². The molecule has 2 aliphatic rings. The van der Waals surface area contributed by atoms with Crippen LogP contribution in [0.1, 0.15) is 26.7 Å². The molecule has 1 amide bonds. The normalized spacial score (nSPS) is 32.5. The molecule has 2 rings (SSSR count). The van der Waals surface area contributed by atoms with Crippen molar-refractivity contribution in [3.63, 3.8) is 0 Å². The van der Waals surface area contributed by atoms with Crippen molar-refractivity contribution in [2.75, 3.05) is 24.6 Å². The van der Waals surface area contributed by atoms with E-state index >= 15 is 0 Å². The molecule has 0 bridgehead atoms. The molecule has 1 N–H and O–H groups in total. The van der Waals surface area contributed by atoms with Gasteiger partial charge in [0.2, 0.25) is 5.91 Å². The predicted octanol–water partition coefficient (Wildman–Crippen LogP) is -0.226. The summed E-state index contributed by atoms with van der Waals surface area (Å²) in [4.78, 5) is 13.9. The average Bonchev–Trinajstić information content (AvgIpc) is 2.46. The van der Waals surface area contributed by atoms with Gasteiger partial charge in [-0.2, -0.15) is 0 Å². The van der Waals surface area contributed by atoms with Gasteiger partial charge in [0.05, 0.1) is 18.1 Å². The second-order valence-electron chi connectivity index (χ2n) is 5.56. The number of hydrogen-bond donors (Lipinski definition) is 1. The van der Waals surface area contributed by atoms with E-state index in [1.807, 2.05) is 13.8 Å². The topological polar surface area (TPSA) is 66.5 Å². The molecule has 0 radical (unpaired) electrons. The molecular weight excluding hydrogens is 240 g/mol. The van der Waals surface area contributed by atoms with E-state index in [2.05, 4.69) is 5.32 Å². The van der Waals surface area contributed by atoms with Gasteiger partial charge in [0.1, 0.15) is 0 Å². The van der Waals surface area contributed by atoms with E-state index in [1.165, 1.54) is 0 Å². The second-order valence-corrected chi connectivity index (χ2v) is 7.79. The van der Waals surface area contributed by atoms with Crippen molar-refractivity contribution in [2.24, 2.45) is 0 Å². The third-order valence-corrected chi connectivity index (χ3v) is 5.43. The lowest BCUT2D eigenvalue weighted by Gasteiger charge is -2.41. The van der Waals surface area contributed by atoms with E-state index < -0.39 is 9.84 Å². The summed E-state index contributed by atoms with van der Waals surface area (Å²) in [5.74, 6) is 0.363. The summed E-state index contributed by atoms with van der Waals surface area (Å²) in [5.41, 5.74) is -0.259. The maximum atomic E-state index is 12.1. The van der Waals surface area contributed by atoms with E-state index in [-0.39, 0.29) is 29.0 Å². The van der Waals surface area contributed by atoms with Crippen molar-refractivity contribution in [3.8, 4) is 0 Å². The molecule has 17 heavy (non-hydrogen) atoms. The number of hydrogen-bond acceptors (Lipinski definition) is 4. The summed E-state index contributed by atoms with van der Waals surface area (Å²) in [6, 6.07) is -0.137. The van der Waals surface area contributed by atoms with E-state index in [1.54, 1.807) is 4.90 Å². The van der Waals surface area contributed by atoms with Gasteiger partial charge in [-0.05, 0) is 33.2 Å². The van der Waals surface area contributed by atoms with Crippen LogP contribution in [0.3, 0.4) is 0 Å². The van der Waals surface area contributed by atoms with E-state index in [9.17, 15) is 13.2 Å². The molecule has 1 atom stereocenters. The molecule has 0 saturated carbocycles. The molecule has 0 aromatic heterocycles. The third-order valence-electron chi connectivity index (χ3n) is 3.68. The second kappa shape index (κ2) is 4.24. The lowest BCUT2D eigenvalue weighted by molar-refractivity contribution is -0.137. The molecule has 5 nitrogen and oxygen atoms in total. The third kappa shape index (κ3) is 2.63. The van der Waals surface area contributed by atoms with Crippen molar-refractivity contribution in [2.45, 2.75) is 38.3 Å². The maximum Gasteiger partial charge on any atom is 0.237 e. The smallest absolute Gasteiger partial charge is 0.237 e. The van der Waals surface area contributed by atoms with Crippen LogP contribution in [0.15, 0.2) is 0 Å². The van der Waals surface area contributed by atoms with Gasteiger partial charge in [-0.1, -0.05) is 0 Å². The minimum absolute atomic E-state index is 0.0228. The summed E-state index contributed by atoms with van der Waals surface area (Å²) in [7, 11) is -2.94. The highest BCUT2D eigenvalue weighted by Gasteiger charge is 2.42. The molecule has 0 spiro atoms. The number of carbonyl (C=O) groups excluding carboxylic acids is 1. The molecule has 0 aromatic rings. The molecule has 1 unspecified atom stereocenters. The van der Waals surface area contributed by atoms with E-state index in [0.29, 0.717) is 13.0 Å². The summed E-state index contributed by atoms with van der Waals surface area (Å²) in [5, 5.41) is 3.09. The first-order chi connectivity index (χ1) is 7.82. The number of nitrogens with zero attached hydrogens (tertiary/aromatic N) is 1. The van der Waals surface area contributed by atoms with Gasteiger partial charge < -0.3 is 10.2 Å². The minimum atomic E-state index is -2.94. The highest BCUT2D eigenvalue weighted by Crippen LogP contribution is 2.28. The Balaban J connectivity index is 2.24. The molecule has 2 saturated heterocycles. The molecular formula is C11H20N2O3S. The molecule has 2 aliphatic heterocycles. The highest BCUT2D eigenvalue weighted by molar-refractivity contribution is 7.91. The van der Waals surface area contributed by atoms with Gasteiger partial charge in [0.25, 0.3) is 0 Å². The van der Waals surface area contributed by atoms with Crippen LogP contribution in [0.25, 0.3) is 0 Å². The van der Waals surface area contributed by atoms with Crippen molar-refractivity contribution in [3.05, 3.63) is 0 Å². The van der Waals surface area contributed by atoms with Gasteiger partial charge in [0, 0.05) is 11.6 Å². The largest absolute Gasteiger partial charge is 0.332 e. The Bertz CT molecular complexity index is 416. The Morgan fingerprint density at radius 3 is 2.71 bits per heavy atom. The van der Waals surface area contributed by atoms with Gasteiger partial charge >= 0.3 is 0 Å². The van der Waals surface area contributed by atoms with Crippen molar-refractivity contribution in [1.82, 2.24) is 10.2 Å². The molecule has 2 fully saturated rings. The monoisotopic (exact) mass is 260 g/mol. The summed E-state index contributed by atoms with van der Waals surface area (Å²) in [6.45, 7) is 5.15. The molecule has 98 valence electrons. The van der Waals surface area contributed by atoms with Crippen molar-refractivity contribution < 1.29 is 13.2 Å². The Hall–Kier alpha value is -0.620. The fraction of sp³-hybridized carbons (Fsp3) is 0.909. The van der Waals surface area contributed by atoms with Crippen LogP contribution >= 0.6 is 0 Å². The molecule has 6 heteroatoms. The summed E-state index contributed by atoms with van der Waals surface area (Å²) in [6.07, 6.45) is 1.44. The Morgan fingerprint density at radius 1 is 1.41 bits per heavy atom. The zero-order chi connectivity index (χ0) is 12.7. The summed E-state index contributed by atoms with van der Waals surface area (Å²) >= 11 is 0. The van der Waals surface area contributed by atoms with Crippen LogP contribution in [-0.4, -0.2) is 55.4 Å². The van der Waals surface area contributed by atoms with Crippen LogP contribution in [0.2, 0.25) is 0 Å². The van der Waals surface area contributed by atoms with Crippen LogP contribution in [0.5, 0.6) is 0 Å². The summed E-state index contributed by atoms with van der Waals surface area (Å²) < 4.78 is 23.1. The number of rotatable bonds is 1. The van der Waals surface area contributed by atoms with E-state index in [4.69, 9.17) is 0 Å². The zero-order valence-electron chi connectivity index (χ0n) is 10.4. The van der Waals surface area contributed by atoms with Gasteiger partial charge in [-0.25, -0.2) is 8.42 Å². The lowest BCUT2D eigenvalue weighted by Crippen LogP contribution is -2.53. The first kappa shape index (κ1) is 12.8. The predicted molar refractivity (Wildman–Crippen MR) is 65.5 cm³/mol. The first-order valence-electron chi connectivity index (χ1n) is 6.05. The SMILES string of the molecule is CC1(C)CCNCC(=O)N1C1CCS(=O)(=O)C1. The van der Waals surface area contributed by atoms with Crippen LogP contribution in [0.4, 0.5) is 0 Å². The fourth-order valence-corrected chi connectivity index (χ4v) is 4.51. The number of carbonyl (C=O) groups is 1. The van der Waals surface area contributed by atoms with Gasteiger partial charge in [-0.15, -0.1) is 0 Å². The lowest BCUT2D eigenvalue weighted by atomic mass is 9.96. The molecule has 0 aliphatic carbocycles. The van der Waals surface area contributed by atoms with Crippen LogP contribution in [0, 0.1) is 0 Å². The number of sulfone groups is 1. The van der Waals surface area contributed by atoms with Crippen molar-refractivity contribution in [1.29, 1.82) is 0 Å². The minimum Gasteiger partial charge on any atom is -0.332 e. The van der Waals surface area contributed by atoms with Crippen LogP contribution < -0.4 is 5.32 Å². The molecule has 2 heterocycles. The van der Waals surface area contributed by atoms with Crippen molar-refractivity contribution >= 4 is 15.7 Å². The standard InChI is InChI=1S/C11H20N2O3S/c1-11(2)4-5-12-7-10(14)13(11)9-3-6-17(15,16)8-9/h9,12H,3-8H2,1-2H3. The first-order valence-corrected chi connectivity index (χ1v) is 7.87. The maximum absolute atomic E-state index is 12.1. The number of amides is 1. The Kier molecular flexibility index (Phi) is 3.20. The Labute approximate surface area is 102 Å². The average molecular weight is 260 g/mol. The highest BCUT2D eigenvalue weighted by atomic mass is 32.2. The number of nitrogens with one attached hydrogen (secondary N) is 1. The van der Waals surface area contributed by atoms with E-state index in [0.717, 1.165) is 13.0 Å². The quantitative estimate of drug-likeness (QED) is 0.707. The molecule has 0 aromatic carbocycles. The van der Waals surface area contributed by atoms with Gasteiger partial charge in [0.15, 0.2) is 9.84 Å².